The first kappa shape index (κ1) is 14.9. The fourth-order valence-corrected chi connectivity index (χ4v) is 1.44. The van der Waals surface area contributed by atoms with Gasteiger partial charge in [-0.25, -0.2) is 4.39 Å². The van der Waals surface area contributed by atoms with Crippen molar-refractivity contribution >= 4 is 11.7 Å². The molecule has 19 heavy (non-hydrogen) atoms. The number of Topliss-reactive ketones (excluding diaryl/α,β-unsaturated/α-hetero) is 1. The molecule has 102 valence electrons. The zero-order valence-electron chi connectivity index (χ0n) is 10.9. The standard InChI is InChI=1S/C14H16FNO3/c1-4-7-16-14(18)10(3)19-13-6-5-11(15)8-12(13)9(2)17/h4-6,8,10H,1,7H2,2-3H3,(H,16,18). The minimum Gasteiger partial charge on any atom is -0.480 e. The smallest absolute Gasteiger partial charge is 0.261 e. The maximum atomic E-state index is 13.1. The first-order chi connectivity index (χ1) is 8.95. The second kappa shape index (κ2) is 6.68. The van der Waals surface area contributed by atoms with Crippen LogP contribution in [0.15, 0.2) is 30.9 Å². The summed E-state index contributed by atoms with van der Waals surface area (Å²) in [7, 11) is 0. The molecule has 0 aliphatic carbocycles. The Kier molecular flexibility index (Phi) is 5.23. The Labute approximate surface area is 111 Å². The van der Waals surface area contributed by atoms with Gasteiger partial charge in [-0.3, -0.25) is 9.59 Å². The number of halogens is 1. The predicted molar refractivity (Wildman–Crippen MR) is 69.7 cm³/mol. The van der Waals surface area contributed by atoms with Gasteiger partial charge in [-0.15, -0.1) is 6.58 Å². The Hall–Kier alpha value is -2.17. The Bertz CT molecular complexity index is 499. The highest BCUT2D eigenvalue weighted by Crippen LogP contribution is 2.21. The van der Waals surface area contributed by atoms with Crippen LogP contribution in [-0.4, -0.2) is 24.3 Å². The number of hydrogen-bond acceptors (Lipinski definition) is 3. The maximum absolute atomic E-state index is 13.1. The third-order valence-corrected chi connectivity index (χ3v) is 2.41. The molecular weight excluding hydrogens is 249 g/mol. The number of ketones is 1. The molecule has 0 aliphatic rings. The van der Waals surface area contributed by atoms with Crippen molar-refractivity contribution < 1.29 is 18.7 Å². The van der Waals surface area contributed by atoms with Crippen molar-refractivity contribution in [2.45, 2.75) is 20.0 Å². The molecule has 0 heterocycles. The Morgan fingerprint density at radius 1 is 1.53 bits per heavy atom. The molecular formula is C14H16FNO3. The number of nitrogens with one attached hydrogen (secondary N) is 1. The highest BCUT2D eigenvalue weighted by atomic mass is 19.1. The van der Waals surface area contributed by atoms with Crippen molar-refractivity contribution in [3.63, 3.8) is 0 Å². The van der Waals surface area contributed by atoms with Gasteiger partial charge < -0.3 is 10.1 Å². The number of benzene rings is 1. The summed E-state index contributed by atoms with van der Waals surface area (Å²) in [6.45, 7) is 6.67. The van der Waals surface area contributed by atoms with Crippen LogP contribution >= 0.6 is 0 Å². The summed E-state index contributed by atoms with van der Waals surface area (Å²) in [4.78, 5) is 23.0. The van der Waals surface area contributed by atoms with Gasteiger partial charge in [0.25, 0.3) is 5.91 Å². The van der Waals surface area contributed by atoms with Crippen LogP contribution in [-0.2, 0) is 4.79 Å². The summed E-state index contributed by atoms with van der Waals surface area (Å²) < 4.78 is 18.5. The fourth-order valence-electron chi connectivity index (χ4n) is 1.44. The van der Waals surface area contributed by atoms with Gasteiger partial charge in [0.15, 0.2) is 11.9 Å². The van der Waals surface area contributed by atoms with Gasteiger partial charge in [0.05, 0.1) is 5.56 Å². The third-order valence-electron chi connectivity index (χ3n) is 2.41. The molecule has 0 radical (unpaired) electrons. The number of rotatable bonds is 6. The minimum absolute atomic E-state index is 0.114. The van der Waals surface area contributed by atoms with Gasteiger partial charge in [-0.2, -0.15) is 0 Å². The first-order valence-corrected chi connectivity index (χ1v) is 5.81. The number of amides is 1. The molecule has 0 aliphatic heterocycles. The number of ether oxygens (including phenoxy) is 1. The molecule has 0 spiro atoms. The zero-order valence-corrected chi connectivity index (χ0v) is 10.9. The molecule has 1 rings (SSSR count). The number of hydrogen-bond donors (Lipinski definition) is 1. The molecule has 5 heteroatoms. The lowest BCUT2D eigenvalue weighted by Crippen LogP contribution is -2.36. The van der Waals surface area contributed by atoms with Crippen molar-refractivity contribution in [2.24, 2.45) is 0 Å². The van der Waals surface area contributed by atoms with Crippen molar-refractivity contribution in [1.29, 1.82) is 0 Å². The molecule has 4 nitrogen and oxygen atoms in total. The largest absolute Gasteiger partial charge is 0.480 e. The van der Waals surface area contributed by atoms with Gasteiger partial charge >= 0.3 is 0 Å². The first-order valence-electron chi connectivity index (χ1n) is 5.81. The second-order valence-corrected chi connectivity index (χ2v) is 3.99. The average molecular weight is 265 g/mol. The maximum Gasteiger partial charge on any atom is 0.261 e. The quantitative estimate of drug-likeness (QED) is 0.633. The molecule has 1 unspecified atom stereocenters. The lowest BCUT2D eigenvalue weighted by atomic mass is 10.1. The molecule has 0 saturated carbocycles. The van der Waals surface area contributed by atoms with E-state index in [9.17, 15) is 14.0 Å². The predicted octanol–water partition coefficient (Wildman–Crippen LogP) is 2.10. The molecule has 1 aromatic rings. The van der Waals surface area contributed by atoms with Crippen LogP contribution in [0.1, 0.15) is 24.2 Å². The van der Waals surface area contributed by atoms with E-state index in [4.69, 9.17) is 4.74 Å². The van der Waals surface area contributed by atoms with E-state index in [-0.39, 0.29) is 23.0 Å². The topological polar surface area (TPSA) is 55.4 Å². The minimum atomic E-state index is -0.788. The summed E-state index contributed by atoms with van der Waals surface area (Å²) in [5, 5.41) is 2.57. The highest BCUT2D eigenvalue weighted by molar-refractivity contribution is 5.97. The van der Waals surface area contributed by atoms with Crippen LogP contribution in [0.5, 0.6) is 5.75 Å². The average Bonchev–Trinajstić information content (AvgIpc) is 2.37. The Morgan fingerprint density at radius 2 is 2.21 bits per heavy atom. The Morgan fingerprint density at radius 3 is 2.79 bits per heavy atom. The molecule has 0 fully saturated rings. The van der Waals surface area contributed by atoms with Crippen molar-refractivity contribution in [3.8, 4) is 5.75 Å². The van der Waals surface area contributed by atoms with Gasteiger partial charge in [0.1, 0.15) is 11.6 Å². The van der Waals surface area contributed by atoms with Crippen molar-refractivity contribution in [1.82, 2.24) is 5.32 Å². The lowest BCUT2D eigenvalue weighted by Gasteiger charge is -2.16. The van der Waals surface area contributed by atoms with Crippen LogP contribution in [0.2, 0.25) is 0 Å². The molecule has 0 bridgehead atoms. The van der Waals surface area contributed by atoms with Gasteiger partial charge in [0.2, 0.25) is 0 Å². The summed E-state index contributed by atoms with van der Waals surface area (Å²) >= 11 is 0. The van der Waals surface area contributed by atoms with Crippen LogP contribution in [0.4, 0.5) is 4.39 Å². The zero-order chi connectivity index (χ0) is 14.4. The van der Waals surface area contributed by atoms with Crippen molar-refractivity contribution in [2.75, 3.05) is 6.54 Å². The second-order valence-electron chi connectivity index (χ2n) is 3.99. The molecule has 0 saturated heterocycles. The Balaban J connectivity index is 2.84. The van der Waals surface area contributed by atoms with E-state index in [0.29, 0.717) is 6.54 Å². The van der Waals surface area contributed by atoms with Crippen LogP contribution in [0, 0.1) is 5.82 Å². The normalized spacial score (nSPS) is 11.5. The molecule has 1 amide bonds. The van der Waals surface area contributed by atoms with E-state index in [1.165, 1.54) is 19.1 Å². The van der Waals surface area contributed by atoms with Crippen LogP contribution < -0.4 is 10.1 Å². The van der Waals surface area contributed by atoms with E-state index in [2.05, 4.69) is 11.9 Å². The van der Waals surface area contributed by atoms with Crippen LogP contribution in [0.3, 0.4) is 0 Å². The van der Waals surface area contributed by atoms with Gasteiger partial charge in [-0.05, 0) is 32.0 Å². The molecule has 1 atom stereocenters. The lowest BCUT2D eigenvalue weighted by molar-refractivity contribution is -0.127. The molecule has 1 aromatic carbocycles. The van der Waals surface area contributed by atoms with E-state index in [1.54, 1.807) is 13.0 Å². The SMILES string of the molecule is C=CCNC(=O)C(C)Oc1ccc(F)cc1C(C)=O. The molecule has 1 N–H and O–H groups in total. The summed E-state index contributed by atoms with van der Waals surface area (Å²) in [6, 6.07) is 3.60. The van der Waals surface area contributed by atoms with Crippen molar-refractivity contribution in [3.05, 3.63) is 42.2 Å². The highest BCUT2D eigenvalue weighted by Gasteiger charge is 2.17. The van der Waals surface area contributed by atoms with E-state index >= 15 is 0 Å². The number of carbonyl (C=O) groups excluding carboxylic acids is 2. The van der Waals surface area contributed by atoms with Gasteiger partial charge in [0, 0.05) is 6.54 Å². The number of carbonyl (C=O) groups is 2. The van der Waals surface area contributed by atoms with Gasteiger partial charge in [-0.1, -0.05) is 6.08 Å². The van der Waals surface area contributed by atoms with E-state index in [0.717, 1.165) is 6.07 Å². The van der Waals surface area contributed by atoms with E-state index in [1.807, 2.05) is 0 Å². The summed E-state index contributed by atoms with van der Waals surface area (Å²) in [6.07, 6.45) is 0.757. The third kappa shape index (κ3) is 4.21. The monoisotopic (exact) mass is 265 g/mol. The summed E-state index contributed by atoms with van der Waals surface area (Å²) in [5.74, 6) is -0.997. The summed E-state index contributed by atoms with van der Waals surface area (Å²) in [5.41, 5.74) is 0.114. The van der Waals surface area contributed by atoms with Crippen LogP contribution in [0.25, 0.3) is 0 Å². The fraction of sp³-hybridized carbons (Fsp3) is 0.286. The van der Waals surface area contributed by atoms with E-state index < -0.39 is 11.9 Å². The molecule has 0 aromatic heterocycles.